The van der Waals surface area contributed by atoms with Gasteiger partial charge in [-0.15, -0.1) is 0 Å². The normalized spacial score (nSPS) is 11.0. The number of benzene rings is 3. The Kier molecular flexibility index (Phi) is 6.81. The zero-order valence-corrected chi connectivity index (χ0v) is 19.6. The molecule has 5 nitrogen and oxygen atoms in total. The molecule has 0 unspecified atom stereocenters. The monoisotopic (exact) mass is 480 g/mol. The first-order valence-corrected chi connectivity index (χ1v) is 10.7. The summed E-state index contributed by atoms with van der Waals surface area (Å²) in [5, 5.41) is 2.84. The van der Waals surface area contributed by atoms with E-state index in [0.29, 0.717) is 27.1 Å². The third-order valence-electron chi connectivity index (χ3n) is 4.59. The second-order valence-corrected chi connectivity index (χ2v) is 8.89. The highest BCUT2D eigenvalue weighted by atomic mass is 79.9. The largest absolute Gasteiger partial charge is 0.457 e. The molecule has 0 saturated carbocycles. The third-order valence-corrected chi connectivity index (χ3v) is 5.28. The fourth-order valence-electron chi connectivity index (χ4n) is 3.23. The zero-order chi connectivity index (χ0) is 22.6. The van der Waals surface area contributed by atoms with E-state index in [1.165, 1.54) is 10.0 Å². The van der Waals surface area contributed by atoms with Gasteiger partial charge in [0.05, 0.1) is 11.1 Å². The van der Waals surface area contributed by atoms with Crippen LogP contribution in [-0.4, -0.2) is 34.4 Å². The summed E-state index contributed by atoms with van der Waals surface area (Å²) in [6.07, 6.45) is 0. The average molecular weight is 481 g/mol. The smallest absolute Gasteiger partial charge is 0.274 e. The molecule has 0 N–H and O–H groups in total. The van der Waals surface area contributed by atoms with Gasteiger partial charge in [0.2, 0.25) is 0 Å². The number of halogens is 1. The Balaban J connectivity index is 1.89. The van der Waals surface area contributed by atoms with Crippen LogP contribution in [0.15, 0.2) is 83.3 Å². The van der Waals surface area contributed by atoms with Crippen molar-refractivity contribution in [3.05, 3.63) is 94.5 Å². The first-order chi connectivity index (χ1) is 14.7. The van der Waals surface area contributed by atoms with Crippen molar-refractivity contribution in [3.8, 4) is 11.5 Å². The summed E-state index contributed by atoms with van der Waals surface area (Å²) in [4.78, 5) is 26.7. The second kappa shape index (κ2) is 9.35. The van der Waals surface area contributed by atoms with Crippen molar-refractivity contribution < 1.29 is 14.3 Å². The fraction of sp³-hybridized carbons (Fsp3) is 0.200. The van der Waals surface area contributed by atoms with Gasteiger partial charge in [-0.1, -0.05) is 36.4 Å². The highest BCUT2D eigenvalue weighted by Gasteiger charge is 2.34. The molecule has 0 radical (unpaired) electrons. The minimum Gasteiger partial charge on any atom is -0.457 e. The molecule has 0 aliphatic carbocycles. The van der Waals surface area contributed by atoms with Crippen LogP contribution >= 0.6 is 15.9 Å². The van der Waals surface area contributed by atoms with Gasteiger partial charge in [0.1, 0.15) is 11.5 Å². The van der Waals surface area contributed by atoms with Gasteiger partial charge >= 0.3 is 0 Å². The summed E-state index contributed by atoms with van der Waals surface area (Å²) < 4.78 is 6.53. The molecule has 0 atom stereocenters. The van der Waals surface area contributed by atoms with Gasteiger partial charge in [-0.3, -0.25) is 9.59 Å². The quantitative estimate of drug-likeness (QED) is 0.419. The summed E-state index contributed by atoms with van der Waals surface area (Å²) in [6, 6.07) is 23.5. The molecule has 3 aromatic carbocycles. The lowest BCUT2D eigenvalue weighted by Crippen LogP contribution is -2.56. The third kappa shape index (κ3) is 5.33. The summed E-state index contributed by atoms with van der Waals surface area (Å²) in [6.45, 7) is 5.67. The number of amides is 2. The number of hydrazine groups is 1. The first-order valence-electron chi connectivity index (χ1n) is 9.88. The van der Waals surface area contributed by atoms with E-state index >= 15 is 0 Å². The molecule has 3 aromatic rings. The predicted octanol–water partition coefficient (Wildman–Crippen LogP) is 6.17. The number of carbonyl (C=O) groups excluding carboxylic acids is 2. The Morgan fingerprint density at radius 1 is 0.806 bits per heavy atom. The topological polar surface area (TPSA) is 49.9 Å². The van der Waals surface area contributed by atoms with Crippen LogP contribution in [0.3, 0.4) is 0 Å². The predicted molar refractivity (Wildman–Crippen MR) is 125 cm³/mol. The number of hydrogen-bond acceptors (Lipinski definition) is 3. The molecule has 160 valence electrons. The van der Waals surface area contributed by atoms with E-state index in [2.05, 4.69) is 15.9 Å². The van der Waals surface area contributed by atoms with Crippen molar-refractivity contribution in [2.24, 2.45) is 0 Å². The molecule has 6 heteroatoms. The lowest BCUT2D eigenvalue weighted by Gasteiger charge is -2.41. The summed E-state index contributed by atoms with van der Waals surface area (Å²) >= 11 is 3.44. The minimum atomic E-state index is -0.630. The number of hydrogen-bond donors (Lipinski definition) is 0. The summed E-state index contributed by atoms with van der Waals surface area (Å²) in [5.74, 6) is 0.645. The van der Waals surface area contributed by atoms with E-state index in [1.807, 2.05) is 57.2 Å². The number of nitrogens with zero attached hydrogens (tertiary/aromatic N) is 2. The summed E-state index contributed by atoms with van der Waals surface area (Å²) in [7, 11) is 1.60. The fourth-order valence-corrected chi connectivity index (χ4v) is 3.69. The second-order valence-electron chi connectivity index (χ2n) is 8.04. The highest BCUT2D eigenvalue weighted by molar-refractivity contribution is 9.10. The van der Waals surface area contributed by atoms with E-state index in [0.717, 1.165) is 0 Å². The SMILES string of the molecule is CN(C(=O)c1cccc(Oc2ccccc2)c1)N(C(=O)c1ccccc1Br)C(C)(C)C. The van der Waals surface area contributed by atoms with Crippen molar-refractivity contribution in [3.63, 3.8) is 0 Å². The van der Waals surface area contributed by atoms with Crippen LogP contribution in [0.2, 0.25) is 0 Å². The Bertz CT molecular complexity index is 1080. The molecular weight excluding hydrogens is 456 g/mol. The van der Waals surface area contributed by atoms with Gasteiger partial charge in [0.25, 0.3) is 11.8 Å². The highest BCUT2D eigenvalue weighted by Crippen LogP contribution is 2.26. The van der Waals surface area contributed by atoms with Crippen molar-refractivity contribution >= 4 is 27.7 Å². The van der Waals surface area contributed by atoms with Crippen LogP contribution in [0.1, 0.15) is 41.5 Å². The van der Waals surface area contributed by atoms with E-state index in [4.69, 9.17) is 4.74 Å². The molecule has 0 fully saturated rings. The van der Waals surface area contributed by atoms with Crippen molar-refractivity contribution in [2.45, 2.75) is 26.3 Å². The maximum absolute atomic E-state index is 13.4. The van der Waals surface area contributed by atoms with Gasteiger partial charge in [0, 0.05) is 17.1 Å². The number of para-hydroxylation sites is 1. The van der Waals surface area contributed by atoms with Gasteiger partial charge in [-0.2, -0.15) is 0 Å². The molecular formula is C25H25BrN2O3. The lowest BCUT2D eigenvalue weighted by molar-refractivity contribution is -0.0308. The Morgan fingerprint density at radius 3 is 2.06 bits per heavy atom. The number of carbonyl (C=O) groups is 2. The number of rotatable bonds is 4. The first kappa shape index (κ1) is 22.6. The molecule has 31 heavy (non-hydrogen) atoms. The lowest BCUT2D eigenvalue weighted by atomic mass is 10.1. The summed E-state index contributed by atoms with van der Waals surface area (Å²) in [5.41, 5.74) is 0.276. The van der Waals surface area contributed by atoms with E-state index in [1.54, 1.807) is 49.5 Å². The van der Waals surface area contributed by atoms with Crippen molar-refractivity contribution in [1.82, 2.24) is 10.0 Å². The van der Waals surface area contributed by atoms with Crippen LogP contribution < -0.4 is 4.74 Å². The van der Waals surface area contributed by atoms with Crippen LogP contribution in [0.4, 0.5) is 0 Å². The molecule has 3 rings (SSSR count). The molecule has 2 amide bonds. The molecule has 0 spiro atoms. The van der Waals surface area contributed by atoms with Crippen molar-refractivity contribution in [2.75, 3.05) is 7.05 Å². The van der Waals surface area contributed by atoms with Crippen LogP contribution in [-0.2, 0) is 0 Å². The van der Waals surface area contributed by atoms with Crippen molar-refractivity contribution in [1.29, 1.82) is 0 Å². The van der Waals surface area contributed by atoms with Gasteiger partial charge in [-0.25, -0.2) is 10.0 Å². The maximum Gasteiger partial charge on any atom is 0.274 e. The number of ether oxygens (including phenoxy) is 1. The molecule has 0 aliphatic heterocycles. The Labute approximate surface area is 191 Å². The average Bonchev–Trinajstić information content (AvgIpc) is 2.73. The van der Waals surface area contributed by atoms with Gasteiger partial charge in [0.15, 0.2) is 0 Å². The van der Waals surface area contributed by atoms with E-state index < -0.39 is 5.54 Å². The molecule has 0 bridgehead atoms. The minimum absolute atomic E-state index is 0.271. The molecule has 0 saturated heterocycles. The van der Waals surface area contributed by atoms with Crippen LogP contribution in [0.25, 0.3) is 0 Å². The van der Waals surface area contributed by atoms with E-state index in [-0.39, 0.29) is 11.8 Å². The molecule has 0 heterocycles. The standard InChI is InChI=1S/C25H25BrN2O3/c1-25(2,3)28(24(30)21-15-8-9-16-22(21)26)27(4)23(29)18-11-10-14-20(17-18)31-19-12-6-5-7-13-19/h5-17H,1-4H3. The van der Waals surface area contributed by atoms with E-state index in [9.17, 15) is 9.59 Å². The van der Waals surface area contributed by atoms with Crippen LogP contribution in [0, 0.1) is 0 Å². The van der Waals surface area contributed by atoms with Gasteiger partial charge < -0.3 is 4.74 Å². The zero-order valence-electron chi connectivity index (χ0n) is 18.0. The molecule has 0 aliphatic rings. The Morgan fingerprint density at radius 2 is 1.42 bits per heavy atom. The Hall–Kier alpha value is -3.12. The maximum atomic E-state index is 13.4. The molecule has 0 aromatic heterocycles. The van der Waals surface area contributed by atoms with Crippen LogP contribution in [0.5, 0.6) is 11.5 Å². The van der Waals surface area contributed by atoms with Gasteiger partial charge in [-0.05, 0) is 79.2 Å².